The third-order valence-electron chi connectivity index (χ3n) is 3.10. The van der Waals surface area contributed by atoms with Crippen LogP contribution >= 0.6 is 0 Å². The lowest BCUT2D eigenvalue weighted by molar-refractivity contribution is 0.392. The Hall–Kier alpha value is -0.0400. The van der Waals surface area contributed by atoms with Crippen molar-refractivity contribution in [1.29, 1.82) is 0 Å². The monoisotopic (exact) mass is 183 g/mol. The van der Waals surface area contributed by atoms with Crippen LogP contribution in [-0.4, -0.2) is 12.1 Å². The molecule has 0 bridgehead atoms. The minimum Gasteiger partial charge on any atom is -0.312 e. The average Bonchev–Trinajstić information content (AvgIpc) is 2.33. The highest BCUT2D eigenvalue weighted by molar-refractivity contribution is 4.73. The van der Waals surface area contributed by atoms with Crippen LogP contribution in [0.1, 0.15) is 65.2 Å². The smallest absolute Gasteiger partial charge is 0.00695 e. The third kappa shape index (κ3) is 4.66. The number of hydrogen-bond donors (Lipinski definition) is 1. The van der Waals surface area contributed by atoms with Gasteiger partial charge in [0.05, 0.1) is 0 Å². The zero-order chi connectivity index (χ0) is 9.52. The molecular weight excluding hydrogens is 158 g/mol. The van der Waals surface area contributed by atoms with Gasteiger partial charge in [-0.05, 0) is 26.2 Å². The number of nitrogens with one attached hydrogen (secondary N) is 1. The van der Waals surface area contributed by atoms with E-state index in [1.54, 1.807) is 0 Å². The van der Waals surface area contributed by atoms with E-state index in [2.05, 4.69) is 19.2 Å². The Morgan fingerprint density at radius 2 is 1.77 bits per heavy atom. The fourth-order valence-electron chi connectivity index (χ4n) is 2.36. The van der Waals surface area contributed by atoms with Crippen LogP contribution in [0.2, 0.25) is 0 Å². The minimum absolute atomic E-state index is 0.730. The van der Waals surface area contributed by atoms with Crippen LogP contribution in [0.15, 0.2) is 0 Å². The summed E-state index contributed by atoms with van der Waals surface area (Å²) < 4.78 is 0. The Bertz CT molecular complexity index is 114. The van der Waals surface area contributed by atoms with Crippen LogP contribution < -0.4 is 5.32 Å². The van der Waals surface area contributed by atoms with E-state index in [9.17, 15) is 0 Å². The maximum atomic E-state index is 3.76. The van der Waals surface area contributed by atoms with E-state index in [1.807, 2.05) is 0 Å². The molecule has 78 valence electrons. The summed E-state index contributed by atoms with van der Waals surface area (Å²) >= 11 is 0. The van der Waals surface area contributed by atoms with E-state index in [-0.39, 0.29) is 0 Å². The molecule has 0 aromatic rings. The summed E-state index contributed by atoms with van der Waals surface area (Å²) in [5.41, 5.74) is 0. The van der Waals surface area contributed by atoms with Gasteiger partial charge in [-0.1, -0.05) is 39.0 Å². The first-order valence-electron chi connectivity index (χ1n) is 6.09. The molecular formula is C12H25N. The lowest BCUT2D eigenvalue weighted by Crippen LogP contribution is -2.36. The van der Waals surface area contributed by atoms with Gasteiger partial charge in [-0.15, -0.1) is 0 Å². The van der Waals surface area contributed by atoms with Crippen LogP contribution in [-0.2, 0) is 0 Å². The molecule has 0 aromatic heterocycles. The molecule has 0 heterocycles. The molecule has 1 aliphatic carbocycles. The Balaban J connectivity index is 2.17. The standard InChI is InChI=1S/C12H25N/c1-3-8-11(2)13-12-9-6-4-5-7-10-12/h11-13H,3-10H2,1-2H3. The maximum Gasteiger partial charge on any atom is 0.00695 e. The van der Waals surface area contributed by atoms with Crippen LogP contribution in [0.5, 0.6) is 0 Å². The van der Waals surface area contributed by atoms with Gasteiger partial charge in [0, 0.05) is 12.1 Å². The maximum absolute atomic E-state index is 3.76. The van der Waals surface area contributed by atoms with Crippen molar-refractivity contribution in [2.75, 3.05) is 0 Å². The van der Waals surface area contributed by atoms with E-state index in [0.717, 1.165) is 12.1 Å². The molecule has 1 rings (SSSR count). The van der Waals surface area contributed by atoms with Crippen molar-refractivity contribution < 1.29 is 0 Å². The van der Waals surface area contributed by atoms with Crippen molar-refractivity contribution >= 4 is 0 Å². The second-order valence-corrected chi connectivity index (χ2v) is 4.54. The highest BCUT2D eigenvalue weighted by Crippen LogP contribution is 2.17. The average molecular weight is 183 g/mol. The molecule has 13 heavy (non-hydrogen) atoms. The van der Waals surface area contributed by atoms with Gasteiger partial charge >= 0.3 is 0 Å². The molecule has 1 nitrogen and oxygen atoms in total. The zero-order valence-electron chi connectivity index (χ0n) is 9.31. The molecule has 1 heteroatoms. The Kier molecular flexibility index (Phi) is 5.45. The second-order valence-electron chi connectivity index (χ2n) is 4.54. The summed E-state index contributed by atoms with van der Waals surface area (Å²) in [6, 6.07) is 1.55. The quantitative estimate of drug-likeness (QED) is 0.658. The molecule has 0 aliphatic heterocycles. The minimum atomic E-state index is 0.730. The molecule has 0 radical (unpaired) electrons. The molecule has 1 N–H and O–H groups in total. The van der Waals surface area contributed by atoms with Gasteiger partial charge in [-0.25, -0.2) is 0 Å². The third-order valence-corrected chi connectivity index (χ3v) is 3.10. The van der Waals surface area contributed by atoms with Gasteiger partial charge < -0.3 is 5.32 Å². The Morgan fingerprint density at radius 1 is 1.15 bits per heavy atom. The topological polar surface area (TPSA) is 12.0 Å². The normalized spacial score (nSPS) is 22.6. The summed E-state index contributed by atoms with van der Waals surface area (Å²) in [4.78, 5) is 0. The highest BCUT2D eigenvalue weighted by atomic mass is 14.9. The van der Waals surface area contributed by atoms with Gasteiger partial charge in [0.2, 0.25) is 0 Å². The van der Waals surface area contributed by atoms with Gasteiger partial charge in [-0.3, -0.25) is 0 Å². The van der Waals surface area contributed by atoms with Gasteiger partial charge in [0.1, 0.15) is 0 Å². The number of hydrogen-bond acceptors (Lipinski definition) is 1. The molecule has 0 aromatic carbocycles. The second kappa shape index (κ2) is 6.42. The van der Waals surface area contributed by atoms with Crippen molar-refractivity contribution in [1.82, 2.24) is 5.32 Å². The van der Waals surface area contributed by atoms with Crippen LogP contribution in [0.25, 0.3) is 0 Å². The zero-order valence-corrected chi connectivity index (χ0v) is 9.31. The molecule has 1 unspecified atom stereocenters. The highest BCUT2D eigenvalue weighted by Gasteiger charge is 2.13. The summed E-state index contributed by atoms with van der Waals surface area (Å²) in [5, 5.41) is 3.76. The van der Waals surface area contributed by atoms with E-state index in [1.165, 1.54) is 51.4 Å². The van der Waals surface area contributed by atoms with Crippen molar-refractivity contribution in [3.63, 3.8) is 0 Å². The summed E-state index contributed by atoms with van der Waals surface area (Å²) in [6.07, 6.45) is 11.3. The van der Waals surface area contributed by atoms with Crippen molar-refractivity contribution in [2.45, 2.75) is 77.3 Å². The molecule has 0 spiro atoms. The van der Waals surface area contributed by atoms with E-state index in [4.69, 9.17) is 0 Å². The first-order valence-corrected chi connectivity index (χ1v) is 6.09. The predicted octanol–water partition coefficient (Wildman–Crippen LogP) is 3.49. The van der Waals surface area contributed by atoms with Gasteiger partial charge in [0.15, 0.2) is 0 Å². The van der Waals surface area contributed by atoms with E-state index in [0.29, 0.717) is 0 Å². The Labute approximate surface area is 83.3 Å². The largest absolute Gasteiger partial charge is 0.312 e. The van der Waals surface area contributed by atoms with Gasteiger partial charge in [0.25, 0.3) is 0 Å². The van der Waals surface area contributed by atoms with Crippen molar-refractivity contribution in [3.8, 4) is 0 Å². The summed E-state index contributed by atoms with van der Waals surface area (Å²) in [5.74, 6) is 0. The molecule has 1 atom stereocenters. The molecule has 0 saturated heterocycles. The fraction of sp³-hybridized carbons (Fsp3) is 1.00. The van der Waals surface area contributed by atoms with E-state index >= 15 is 0 Å². The van der Waals surface area contributed by atoms with E-state index < -0.39 is 0 Å². The molecule has 0 amide bonds. The fourth-order valence-corrected chi connectivity index (χ4v) is 2.36. The summed E-state index contributed by atoms with van der Waals surface area (Å²) in [7, 11) is 0. The SMILES string of the molecule is CCCC(C)NC1CCCCCC1. The van der Waals surface area contributed by atoms with Crippen LogP contribution in [0, 0.1) is 0 Å². The first-order chi connectivity index (χ1) is 6.33. The van der Waals surface area contributed by atoms with Crippen LogP contribution in [0.3, 0.4) is 0 Å². The molecule has 1 saturated carbocycles. The van der Waals surface area contributed by atoms with Crippen molar-refractivity contribution in [2.24, 2.45) is 0 Å². The van der Waals surface area contributed by atoms with Crippen molar-refractivity contribution in [3.05, 3.63) is 0 Å². The summed E-state index contributed by atoms with van der Waals surface area (Å²) in [6.45, 7) is 4.60. The van der Waals surface area contributed by atoms with Crippen LogP contribution in [0.4, 0.5) is 0 Å². The first kappa shape index (κ1) is 11.0. The lowest BCUT2D eigenvalue weighted by atomic mass is 10.1. The predicted molar refractivity (Wildman–Crippen MR) is 59.0 cm³/mol. The Morgan fingerprint density at radius 3 is 2.31 bits per heavy atom. The lowest BCUT2D eigenvalue weighted by Gasteiger charge is -2.21. The molecule has 1 aliphatic rings. The van der Waals surface area contributed by atoms with Gasteiger partial charge in [-0.2, -0.15) is 0 Å². The molecule has 1 fully saturated rings. The number of rotatable bonds is 4.